The van der Waals surface area contributed by atoms with Crippen molar-refractivity contribution in [1.29, 1.82) is 0 Å². The number of thiophene rings is 1. The topological polar surface area (TPSA) is 70.1 Å². The molecule has 1 amide bonds. The summed E-state index contributed by atoms with van der Waals surface area (Å²) in [6.07, 6.45) is 0. The van der Waals surface area contributed by atoms with Gasteiger partial charge in [0, 0.05) is 31.9 Å². The first-order valence-corrected chi connectivity index (χ1v) is 11.9. The summed E-state index contributed by atoms with van der Waals surface area (Å²) in [6, 6.07) is 3.11. The van der Waals surface area contributed by atoms with Crippen molar-refractivity contribution < 1.29 is 13.2 Å². The summed E-state index contributed by atoms with van der Waals surface area (Å²) in [5, 5.41) is 0. The van der Waals surface area contributed by atoms with Crippen LogP contribution < -0.4 is 0 Å². The SMILES string of the molecule is O=C(CSC1=NCCS1)N1CCN(S(=O)(=O)c2ccc(Cl)s2)CC1. The van der Waals surface area contributed by atoms with Crippen LogP contribution in [0, 0.1) is 0 Å². The van der Waals surface area contributed by atoms with Crippen LogP contribution in [0.2, 0.25) is 4.34 Å². The molecule has 1 aromatic heterocycles. The van der Waals surface area contributed by atoms with Gasteiger partial charge in [-0.15, -0.1) is 11.3 Å². The minimum atomic E-state index is -3.51. The second-order valence-electron chi connectivity index (χ2n) is 5.13. The highest BCUT2D eigenvalue weighted by atomic mass is 35.5. The Labute approximate surface area is 158 Å². The fraction of sp³-hybridized carbons (Fsp3) is 0.538. The Balaban J connectivity index is 1.52. The van der Waals surface area contributed by atoms with Gasteiger partial charge in [-0.1, -0.05) is 35.1 Å². The number of sulfonamides is 1. The van der Waals surface area contributed by atoms with Crippen LogP contribution >= 0.6 is 46.5 Å². The third kappa shape index (κ3) is 4.28. The zero-order valence-electron chi connectivity index (χ0n) is 12.7. The number of halogens is 1. The number of carbonyl (C=O) groups is 1. The molecule has 0 bridgehead atoms. The molecule has 11 heteroatoms. The zero-order valence-corrected chi connectivity index (χ0v) is 16.7. The van der Waals surface area contributed by atoms with E-state index in [4.69, 9.17) is 11.6 Å². The van der Waals surface area contributed by atoms with E-state index in [1.807, 2.05) is 0 Å². The van der Waals surface area contributed by atoms with E-state index in [2.05, 4.69) is 4.99 Å². The lowest BCUT2D eigenvalue weighted by molar-refractivity contribution is -0.129. The number of aliphatic imine (C=N–C) groups is 1. The summed E-state index contributed by atoms with van der Waals surface area (Å²) < 4.78 is 28.1. The maximum atomic E-state index is 12.5. The smallest absolute Gasteiger partial charge is 0.252 e. The maximum Gasteiger partial charge on any atom is 0.252 e. The van der Waals surface area contributed by atoms with E-state index in [0.29, 0.717) is 36.3 Å². The van der Waals surface area contributed by atoms with Crippen LogP contribution in [0.3, 0.4) is 0 Å². The van der Waals surface area contributed by atoms with Crippen LogP contribution in [0.1, 0.15) is 0 Å². The molecular weight excluding hydrogens is 410 g/mol. The number of rotatable bonds is 4. The third-order valence-electron chi connectivity index (χ3n) is 3.61. The van der Waals surface area contributed by atoms with Crippen molar-refractivity contribution in [2.75, 3.05) is 44.2 Å². The number of hydrogen-bond donors (Lipinski definition) is 0. The Morgan fingerprint density at radius 1 is 1.29 bits per heavy atom. The molecule has 0 radical (unpaired) electrons. The molecule has 2 aliphatic heterocycles. The molecule has 0 spiro atoms. The summed E-state index contributed by atoms with van der Waals surface area (Å²) in [6.45, 7) is 2.27. The highest BCUT2D eigenvalue weighted by molar-refractivity contribution is 8.39. The quantitative estimate of drug-likeness (QED) is 0.738. The second kappa shape index (κ2) is 7.96. The molecule has 1 aromatic rings. The average molecular weight is 426 g/mol. The molecule has 0 aliphatic carbocycles. The molecule has 1 fully saturated rings. The normalized spacial score (nSPS) is 19.5. The van der Waals surface area contributed by atoms with Gasteiger partial charge in [0.2, 0.25) is 5.91 Å². The van der Waals surface area contributed by atoms with Crippen LogP contribution in [0.5, 0.6) is 0 Å². The van der Waals surface area contributed by atoms with E-state index >= 15 is 0 Å². The largest absolute Gasteiger partial charge is 0.339 e. The number of carbonyl (C=O) groups excluding carboxylic acids is 1. The van der Waals surface area contributed by atoms with Gasteiger partial charge in [0.1, 0.15) is 8.58 Å². The minimum absolute atomic E-state index is 0.0337. The molecule has 0 aromatic carbocycles. The molecule has 1 saturated heterocycles. The number of piperazine rings is 1. The van der Waals surface area contributed by atoms with Gasteiger partial charge in [0.25, 0.3) is 10.0 Å². The zero-order chi connectivity index (χ0) is 17.2. The van der Waals surface area contributed by atoms with Gasteiger partial charge in [-0.2, -0.15) is 4.31 Å². The van der Waals surface area contributed by atoms with Crippen LogP contribution in [0.15, 0.2) is 21.3 Å². The summed E-state index contributed by atoms with van der Waals surface area (Å²) in [7, 11) is -3.51. The lowest BCUT2D eigenvalue weighted by atomic mass is 10.3. The lowest BCUT2D eigenvalue weighted by Gasteiger charge is -2.33. The van der Waals surface area contributed by atoms with Gasteiger partial charge < -0.3 is 4.90 Å². The van der Waals surface area contributed by atoms with E-state index in [9.17, 15) is 13.2 Å². The lowest BCUT2D eigenvalue weighted by Crippen LogP contribution is -2.50. The third-order valence-corrected chi connectivity index (χ3v) is 9.45. The fourth-order valence-electron chi connectivity index (χ4n) is 2.36. The van der Waals surface area contributed by atoms with Gasteiger partial charge >= 0.3 is 0 Å². The second-order valence-corrected chi connectivity index (χ2v) is 11.3. The predicted octanol–water partition coefficient (Wildman–Crippen LogP) is 2.07. The number of nitrogens with zero attached hydrogens (tertiary/aromatic N) is 3. The highest BCUT2D eigenvalue weighted by Crippen LogP contribution is 2.28. The van der Waals surface area contributed by atoms with E-state index in [1.54, 1.807) is 22.7 Å². The summed E-state index contributed by atoms with van der Waals surface area (Å²) in [5.41, 5.74) is 0. The van der Waals surface area contributed by atoms with Gasteiger partial charge in [0.05, 0.1) is 16.6 Å². The van der Waals surface area contributed by atoms with E-state index in [0.717, 1.165) is 28.0 Å². The Morgan fingerprint density at radius 3 is 2.62 bits per heavy atom. The molecule has 3 heterocycles. The molecule has 3 rings (SSSR count). The van der Waals surface area contributed by atoms with Gasteiger partial charge in [-0.25, -0.2) is 8.42 Å². The van der Waals surface area contributed by atoms with E-state index in [1.165, 1.54) is 22.1 Å². The molecular formula is C13H16ClN3O3S4. The van der Waals surface area contributed by atoms with Crippen molar-refractivity contribution in [3.63, 3.8) is 0 Å². The van der Waals surface area contributed by atoms with Crippen LogP contribution in [0.25, 0.3) is 0 Å². The predicted molar refractivity (Wildman–Crippen MR) is 102 cm³/mol. The van der Waals surface area contributed by atoms with E-state index in [-0.39, 0.29) is 10.1 Å². The van der Waals surface area contributed by atoms with Crippen molar-refractivity contribution >= 4 is 66.8 Å². The van der Waals surface area contributed by atoms with Crippen molar-refractivity contribution in [1.82, 2.24) is 9.21 Å². The van der Waals surface area contributed by atoms with Crippen LogP contribution in [-0.4, -0.2) is 72.1 Å². The average Bonchev–Trinajstić information content (AvgIpc) is 3.24. The monoisotopic (exact) mass is 425 g/mol. The Hall–Kier alpha value is -0.260. The standard InChI is InChI=1S/C13H16ClN3O3S4/c14-10-1-2-12(23-10)24(19,20)17-6-4-16(5-7-17)11(18)9-22-13-15-3-8-21-13/h1-2H,3-9H2. The molecule has 0 N–H and O–H groups in total. The molecule has 0 atom stereocenters. The van der Waals surface area contributed by atoms with Gasteiger partial charge in [-0.3, -0.25) is 9.79 Å². The van der Waals surface area contributed by atoms with Gasteiger partial charge in [0.15, 0.2) is 0 Å². The first-order chi connectivity index (χ1) is 11.5. The molecule has 0 saturated carbocycles. The van der Waals surface area contributed by atoms with Crippen LogP contribution in [0.4, 0.5) is 0 Å². The first-order valence-electron chi connectivity index (χ1n) is 7.30. The number of hydrogen-bond acceptors (Lipinski definition) is 7. The maximum absolute atomic E-state index is 12.5. The fourth-order valence-corrected chi connectivity index (χ4v) is 7.33. The van der Waals surface area contributed by atoms with Crippen molar-refractivity contribution in [3.05, 3.63) is 16.5 Å². The Morgan fingerprint density at radius 2 is 2.04 bits per heavy atom. The molecule has 0 unspecified atom stereocenters. The van der Waals surface area contributed by atoms with Crippen molar-refractivity contribution in [3.8, 4) is 0 Å². The summed E-state index contributed by atoms with van der Waals surface area (Å²) in [5.74, 6) is 1.38. The molecule has 6 nitrogen and oxygen atoms in total. The van der Waals surface area contributed by atoms with E-state index < -0.39 is 10.0 Å². The summed E-state index contributed by atoms with van der Waals surface area (Å²) >= 11 is 10.0. The van der Waals surface area contributed by atoms with Gasteiger partial charge in [-0.05, 0) is 12.1 Å². The Kier molecular flexibility index (Phi) is 6.15. The van der Waals surface area contributed by atoms with Crippen molar-refractivity contribution in [2.45, 2.75) is 4.21 Å². The van der Waals surface area contributed by atoms with Crippen molar-refractivity contribution in [2.24, 2.45) is 4.99 Å². The first kappa shape index (κ1) is 18.5. The number of amides is 1. The Bertz CT molecular complexity index is 741. The highest BCUT2D eigenvalue weighted by Gasteiger charge is 2.31. The molecule has 2 aliphatic rings. The van der Waals surface area contributed by atoms with Crippen LogP contribution in [-0.2, 0) is 14.8 Å². The minimum Gasteiger partial charge on any atom is -0.339 e. The number of thioether (sulfide) groups is 2. The summed E-state index contributed by atoms with van der Waals surface area (Å²) in [4.78, 5) is 18.3. The molecule has 132 valence electrons. The molecule has 24 heavy (non-hydrogen) atoms.